The molecule has 1 aliphatic heterocycles. The van der Waals surface area contributed by atoms with Crippen LogP contribution in [-0.4, -0.2) is 34.6 Å². The van der Waals surface area contributed by atoms with Gasteiger partial charge in [0.1, 0.15) is 5.54 Å². The van der Waals surface area contributed by atoms with Crippen molar-refractivity contribution in [3.05, 3.63) is 0 Å². The number of carboxylic acids is 1. The Bertz CT molecular complexity index is 244. The minimum Gasteiger partial charge on any atom is -0.480 e. The summed E-state index contributed by atoms with van der Waals surface area (Å²) in [5.41, 5.74) is -0.487. The molecule has 1 unspecified atom stereocenters. The number of nitrogens with zero attached hydrogens (tertiary/aromatic N) is 1. The molecule has 0 radical (unpaired) electrons. The van der Waals surface area contributed by atoms with E-state index < -0.39 is 11.5 Å². The molecule has 88 valence electrons. The summed E-state index contributed by atoms with van der Waals surface area (Å²) in [6.45, 7) is 10.1. The molecule has 0 saturated carbocycles. The van der Waals surface area contributed by atoms with Crippen molar-refractivity contribution in [2.75, 3.05) is 13.1 Å². The van der Waals surface area contributed by atoms with Gasteiger partial charge >= 0.3 is 5.97 Å². The molecule has 1 fully saturated rings. The van der Waals surface area contributed by atoms with E-state index in [0.717, 1.165) is 32.4 Å². The summed E-state index contributed by atoms with van der Waals surface area (Å²) in [6, 6.07) is 0. The van der Waals surface area contributed by atoms with Crippen LogP contribution in [0.1, 0.15) is 47.0 Å². The number of hydrogen-bond acceptors (Lipinski definition) is 2. The van der Waals surface area contributed by atoms with E-state index in [9.17, 15) is 9.90 Å². The minimum absolute atomic E-state index is 0.161. The van der Waals surface area contributed by atoms with Crippen LogP contribution >= 0.6 is 0 Å². The minimum atomic E-state index is -0.675. The van der Waals surface area contributed by atoms with Crippen molar-refractivity contribution in [1.29, 1.82) is 0 Å². The fourth-order valence-electron chi connectivity index (χ4n) is 2.25. The quantitative estimate of drug-likeness (QED) is 0.765. The van der Waals surface area contributed by atoms with Gasteiger partial charge < -0.3 is 5.11 Å². The Morgan fingerprint density at radius 2 is 2.00 bits per heavy atom. The zero-order valence-corrected chi connectivity index (χ0v) is 10.3. The first-order chi connectivity index (χ1) is 6.76. The van der Waals surface area contributed by atoms with E-state index in [1.54, 1.807) is 0 Å². The molecule has 1 N–H and O–H groups in total. The van der Waals surface area contributed by atoms with Gasteiger partial charge in [-0.3, -0.25) is 9.69 Å². The van der Waals surface area contributed by atoms with Crippen molar-refractivity contribution in [2.45, 2.75) is 52.5 Å². The van der Waals surface area contributed by atoms with Gasteiger partial charge in [-0.1, -0.05) is 20.8 Å². The Balaban J connectivity index is 2.79. The van der Waals surface area contributed by atoms with E-state index in [4.69, 9.17) is 0 Å². The number of hydrogen-bond donors (Lipinski definition) is 1. The third-order valence-corrected chi connectivity index (χ3v) is 3.17. The van der Waals surface area contributed by atoms with Crippen molar-refractivity contribution in [1.82, 2.24) is 4.90 Å². The number of carboxylic acid groups (broad SMARTS) is 1. The summed E-state index contributed by atoms with van der Waals surface area (Å²) >= 11 is 0. The Morgan fingerprint density at radius 1 is 1.40 bits per heavy atom. The monoisotopic (exact) mass is 213 g/mol. The van der Waals surface area contributed by atoms with Crippen LogP contribution in [0.2, 0.25) is 0 Å². The fraction of sp³-hybridized carbons (Fsp3) is 0.917. The molecular formula is C12H23NO2. The zero-order valence-electron chi connectivity index (χ0n) is 10.3. The van der Waals surface area contributed by atoms with Gasteiger partial charge in [-0.2, -0.15) is 0 Å². The van der Waals surface area contributed by atoms with Crippen LogP contribution in [0.4, 0.5) is 0 Å². The molecule has 1 heterocycles. The summed E-state index contributed by atoms with van der Waals surface area (Å²) in [6.07, 6.45) is 2.93. The molecule has 1 saturated heterocycles. The molecule has 0 aromatic carbocycles. The summed E-state index contributed by atoms with van der Waals surface area (Å²) < 4.78 is 0. The maximum atomic E-state index is 11.3. The number of carbonyl (C=O) groups is 1. The normalized spacial score (nSPS) is 29.1. The smallest absolute Gasteiger partial charge is 0.323 e. The Labute approximate surface area is 92.5 Å². The molecule has 15 heavy (non-hydrogen) atoms. The number of aliphatic carboxylic acids is 1. The maximum Gasteiger partial charge on any atom is 0.323 e. The van der Waals surface area contributed by atoms with Gasteiger partial charge in [0.15, 0.2) is 0 Å². The van der Waals surface area contributed by atoms with Crippen LogP contribution in [0.15, 0.2) is 0 Å². The van der Waals surface area contributed by atoms with Gasteiger partial charge in [0, 0.05) is 6.54 Å². The highest BCUT2D eigenvalue weighted by molar-refractivity contribution is 5.78. The third-order valence-electron chi connectivity index (χ3n) is 3.17. The average Bonchev–Trinajstić information content (AvgIpc) is 2.06. The summed E-state index contributed by atoms with van der Waals surface area (Å²) in [5.74, 6) is -0.675. The van der Waals surface area contributed by atoms with Gasteiger partial charge in [-0.05, 0) is 38.1 Å². The highest BCUT2D eigenvalue weighted by Gasteiger charge is 2.42. The molecule has 0 aromatic rings. The molecule has 0 spiro atoms. The summed E-state index contributed by atoms with van der Waals surface area (Å²) in [5, 5.41) is 9.32. The lowest BCUT2D eigenvalue weighted by atomic mass is 9.85. The second-order valence-electron chi connectivity index (χ2n) is 6.02. The van der Waals surface area contributed by atoms with E-state index in [1.165, 1.54) is 0 Å². The predicted octanol–water partition coefficient (Wildman–Crippen LogP) is 2.36. The van der Waals surface area contributed by atoms with Crippen LogP contribution in [0.3, 0.4) is 0 Å². The molecule has 1 atom stereocenters. The highest BCUT2D eigenvalue weighted by Crippen LogP contribution is 2.31. The Kier molecular flexibility index (Phi) is 3.44. The molecule has 0 aliphatic carbocycles. The SMILES string of the molecule is CC(C)(C)CN1CCCCC1(C)C(=O)O. The second kappa shape index (κ2) is 4.12. The lowest BCUT2D eigenvalue weighted by Crippen LogP contribution is -2.57. The van der Waals surface area contributed by atoms with Crippen molar-refractivity contribution in [3.8, 4) is 0 Å². The second-order valence-corrected chi connectivity index (χ2v) is 6.02. The van der Waals surface area contributed by atoms with Crippen LogP contribution in [0.5, 0.6) is 0 Å². The van der Waals surface area contributed by atoms with Crippen LogP contribution in [0, 0.1) is 5.41 Å². The number of rotatable bonds is 2. The lowest BCUT2D eigenvalue weighted by molar-refractivity contribution is -0.153. The largest absolute Gasteiger partial charge is 0.480 e. The molecule has 0 aromatic heterocycles. The zero-order chi connectivity index (χ0) is 11.7. The molecule has 0 bridgehead atoms. The van der Waals surface area contributed by atoms with Crippen molar-refractivity contribution >= 4 is 5.97 Å². The molecule has 1 rings (SSSR count). The summed E-state index contributed by atoms with van der Waals surface area (Å²) in [4.78, 5) is 13.5. The standard InChI is InChI=1S/C12H23NO2/c1-11(2,3)9-13-8-6-5-7-12(13,4)10(14)15/h5-9H2,1-4H3,(H,14,15). The van der Waals surface area contributed by atoms with E-state index in [1.807, 2.05) is 6.92 Å². The molecule has 3 nitrogen and oxygen atoms in total. The molecule has 3 heteroatoms. The van der Waals surface area contributed by atoms with Crippen molar-refractivity contribution in [2.24, 2.45) is 5.41 Å². The molecule has 0 amide bonds. The van der Waals surface area contributed by atoms with E-state index >= 15 is 0 Å². The first kappa shape index (κ1) is 12.5. The topological polar surface area (TPSA) is 40.5 Å². The van der Waals surface area contributed by atoms with E-state index in [0.29, 0.717) is 0 Å². The van der Waals surface area contributed by atoms with Crippen LogP contribution < -0.4 is 0 Å². The van der Waals surface area contributed by atoms with Crippen molar-refractivity contribution < 1.29 is 9.90 Å². The van der Waals surface area contributed by atoms with Crippen molar-refractivity contribution in [3.63, 3.8) is 0 Å². The molecular weight excluding hydrogens is 190 g/mol. The summed E-state index contributed by atoms with van der Waals surface area (Å²) in [7, 11) is 0. The highest BCUT2D eigenvalue weighted by atomic mass is 16.4. The first-order valence-corrected chi connectivity index (χ1v) is 5.74. The first-order valence-electron chi connectivity index (χ1n) is 5.74. The van der Waals surface area contributed by atoms with Gasteiger partial charge in [0.25, 0.3) is 0 Å². The Morgan fingerprint density at radius 3 is 2.47 bits per heavy atom. The van der Waals surface area contributed by atoms with Gasteiger partial charge in [-0.15, -0.1) is 0 Å². The van der Waals surface area contributed by atoms with E-state index in [2.05, 4.69) is 25.7 Å². The van der Waals surface area contributed by atoms with Crippen LogP contribution in [0.25, 0.3) is 0 Å². The lowest BCUT2D eigenvalue weighted by Gasteiger charge is -2.44. The number of likely N-dealkylation sites (tertiary alicyclic amines) is 1. The average molecular weight is 213 g/mol. The Hall–Kier alpha value is -0.570. The molecule has 1 aliphatic rings. The maximum absolute atomic E-state index is 11.3. The van der Waals surface area contributed by atoms with Gasteiger partial charge in [0.05, 0.1) is 0 Å². The van der Waals surface area contributed by atoms with Gasteiger partial charge in [0.2, 0.25) is 0 Å². The third kappa shape index (κ3) is 2.94. The van der Waals surface area contributed by atoms with Gasteiger partial charge in [-0.25, -0.2) is 0 Å². The fourth-order valence-corrected chi connectivity index (χ4v) is 2.25. The van der Waals surface area contributed by atoms with Crippen LogP contribution in [-0.2, 0) is 4.79 Å². The predicted molar refractivity (Wildman–Crippen MR) is 60.9 cm³/mol. The van der Waals surface area contributed by atoms with E-state index in [-0.39, 0.29) is 5.41 Å². The number of piperidine rings is 1.